The van der Waals surface area contributed by atoms with Gasteiger partial charge in [-0.25, -0.2) is 4.98 Å². The van der Waals surface area contributed by atoms with E-state index in [1.54, 1.807) is 18.6 Å². The predicted octanol–water partition coefficient (Wildman–Crippen LogP) is 3.86. The molecule has 168 valence electrons. The smallest absolute Gasteiger partial charge is 0.237 e. The summed E-state index contributed by atoms with van der Waals surface area (Å²) in [5.41, 5.74) is 4.22. The Kier molecular flexibility index (Phi) is 6.04. The Morgan fingerprint density at radius 1 is 1.12 bits per heavy atom. The highest BCUT2D eigenvalue weighted by Gasteiger charge is 2.33. The van der Waals surface area contributed by atoms with Crippen LogP contribution in [0.15, 0.2) is 67.3 Å². The molecule has 5 rings (SSSR count). The number of hydrogen-bond acceptors (Lipinski definition) is 5. The molecule has 3 N–H and O–H groups in total. The lowest BCUT2D eigenvalue weighted by atomic mass is 9.91. The molecule has 4 heterocycles. The largest absolute Gasteiger partial charge is 0.457 e. The van der Waals surface area contributed by atoms with Gasteiger partial charge in [0.15, 0.2) is 0 Å². The Morgan fingerprint density at radius 2 is 1.94 bits per heavy atom. The van der Waals surface area contributed by atoms with Gasteiger partial charge in [-0.15, -0.1) is 0 Å². The second-order valence-electron chi connectivity index (χ2n) is 8.40. The minimum atomic E-state index is -0.225. The molecule has 1 amide bonds. The highest BCUT2D eigenvalue weighted by molar-refractivity contribution is 5.86. The van der Waals surface area contributed by atoms with Gasteiger partial charge >= 0.3 is 0 Å². The number of H-pyrrole nitrogens is 1. The van der Waals surface area contributed by atoms with Crippen molar-refractivity contribution in [1.82, 2.24) is 25.6 Å². The van der Waals surface area contributed by atoms with E-state index in [1.165, 1.54) is 0 Å². The molecule has 1 fully saturated rings. The van der Waals surface area contributed by atoms with Crippen molar-refractivity contribution in [1.29, 1.82) is 0 Å². The molecule has 0 aliphatic carbocycles. The molecule has 0 radical (unpaired) electrons. The van der Waals surface area contributed by atoms with Crippen LogP contribution in [0.1, 0.15) is 29.0 Å². The van der Waals surface area contributed by atoms with Crippen molar-refractivity contribution in [3.05, 3.63) is 83.9 Å². The number of fused-ring (bicyclic) bond motifs is 1. The average molecular weight is 442 g/mol. The van der Waals surface area contributed by atoms with Crippen molar-refractivity contribution >= 4 is 16.9 Å². The highest BCUT2D eigenvalue weighted by Crippen LogP contribution is 2.33. The quantitative estimate of drug-likeness (QED) is 0.405. The number of nitrogens with zero attached hydrogens (tertiary/aromatic N) is 2. The first-order valence-electron chi connectivity index (χ1n) is 11.3. The normalized spacial score (nSPS) is 17.8. The summed E-state index contributed by atoms with van der Waals surface area (Å²) in [5, 5.41) is 7.44. The molecule has 0 unspecified atom stereocenters. The van der Waals surface area contributed by atoms with Crippen LogP contribution in [0.25, 0.3) is 11.0 Å². The van der Waals surface area contributed by atoms with Crippen LogP contribution in [-0.4, -0.2) is 40.0 Å². The lowest BCUT2D eigenvalue weighted by Crippen LogP contribution is -2.43. The fraction of sp³-hybridized carbons (Fsp3) is 0.269. The third-order valence-electron chi connectivity index (χ3n) is 6.24. The molecule has 7 nitrogen and oxygen atoms in total. The molecular weight excluding hydrogens is 414 g/mol. The number of pyridine rings is 2. The highest BCUT2D eigenvalue weighted by atomic mass is 16.5. The summed E-state index contributed by atoms with van der Waals surface area (Å²) in [6, 6.07) is 13.7. The fourth-order valence-corrected chi connectivity index (χ4v) is 4.51. The summed E-state index contributed by atoms with van der Waals surface area (Å²) in [6.07, 6.45) is 8.94. The van der Waals surface area contributed by atoms with Crippen LogP contribution in [0.4, 0.5) is 0 Å². The van der Waals surface area contributed by atoms with Crippen molar-refractivity contribution < 1.29 is 9.53 Å². The molecule has 1 aliphatic heterocycles. The lowest BCUT2D eigenvalue weighted by molar-refractivity contribution is -0.123. The summed E-state index contributed by atoms with van der Waals surface area (Å²) in [4.78, 5) is 24.4. The van der Waals surface area contributed by atoms with Gasteiger partial charge in [0.05, 0.1) is 11.4 Å². The van der Waals surface area contributed by atoms with E-state index >= 15 is 0 Å². The topological polar surface area (TPSA) is 91.9 Å². The Balaban J connectivity index is 1.23. The molecule has 0 spiro atoms. The number of benzene rings is 1. The van der Waals surface area contributed by atoms with Gasteiger partial charge in [0.1, 0.15) is 17.1 Å². The molecule has 7 heteroatoms. The lowest BCUT2D eigenvalue weighted by Gasteiger charge is -2.20. The number of amides is 1. The molecule has 0 bridgehead atoms. The van der Waals surface area contributed by atoms with Crippen LogP contribution in [0.2, 0.25) is 0 Å². The Bertz CT molecular complexity index is 1240. The summed E-state index contributed by atoms with van der Waals surface area (Å²) in [6.45, 7) is 3.47. The van der Waals surface area contributed by atoms with Gasteiger partial charge in [0.2, 0.25) is 5.91 Å². The van der Waals surface area contributed by atoms with Gasteiger partial charge in [-0.05, 0) is 73.3 Å². The number of carbonyl (C=O) groups excluding carboxylic acids is 1. The molecule has 1 saturated heterocycles. The minimum Gasteiger partial charge on any atom is -0.457 e. The molecule has 0 saturated carbocycles. The monoisotopic (exact) mass is 441 g/mol. The van der Waals surface area contributed by atoms with Crippen molar-refractivity contribution in [3.8, 4) is 11.5 Å². The van der Waals surface area contributed by atoms with E-state index in [2.05, 4.69) is 37.7 Å². The number of carbonyl (C=O) groups is 1. The maximum absolute atomic E-state index is 12.8. The van der Waals surface area contributed by atoms with Crippen LogP contribution >= 0.6 is 0 Å². The van der Waals surface area contributed by atoms with Crippen molar-refractivity contribution in [2.24, 2.45) is 0 Å². The first-order chi connectivity index (χ1) is 16.2. The van der Waals surface area contributed by atoms with Gasteiger partial charge in [0.25, 0.3) is 0 Å². The average Bonchev–Trinajstić information content (AvgIpc) is 3.48. The Hall–Kier alpha value is -3.71. The van der Waals surface area contributed by atoms with E-state index in [9.17, 15) is 4.79 Å². The van der Waals surface area contributed by atoms with Gasteiger partial charge in [-0.2, -0.15) is 0 Å². The zero-order valence-corrected chi connectivity index (χ0v) is 18.5. The summed E-state index contributed by atoms with van der Waals surface area (Å²) >= 11 is 0. The van der Waals surface area contributed by atoms with Crippen molar-refractivity contribution in [3.63, 3.8) is 0 Å². The minimum absolute atomic E-state index is 0.0500. The number of aromatic amines is 1. The van der Waals surface area contributed by atoms with E-state index in [0.29, 0.717) is 6.54 Å². The zero-order chi connectivity index (χ0) is 22.6. The van der Waals surface area contributed by atoms with Crippen LogP contribution in [0, 0.1) is 6.92 Å². The third-order valence-corrected chi connectivity index (χ3v) is 6.24. The SMILES string of the molecule is Cc1c[nH]c2nccc(Oc3ccc([C@H]4CCN[C@@H]4C(=O)NCCc4ccncc4)cc3)c12. The van der Waals surface area contributed by atoms with Gasteiger partial charge in [0, 0.05) is 37.3 Å². The summed E-state index contributed by atoms with van der Waals surface area (Å²) in [7, 11) is 0. The van der Waals surface area contributed by atoms with Crippen LogP contribution in [0.5, 0.6) is 11.5 Å². The Morgan fingerprint density at radius 3 is 2.76 bits per heavy atom. The molecule has 33 heavy (non-hydrogen) atoms. The number of aromatic nitrogens is 3. The number of aryl methyl sites for hydroxylation is 1. The van der Waals surface area contributed by atoms with Crippen molar-refractivity contribution in [2.75, 3.05) is 13.1 Å². The summed E-state index contributed by atoms with van der Waals surface area (Å²) in [5.74, 6) is 1.73. The first kappa shape index (κ1) is 21.2. The first-order valence-corrected chi connectivity index (χ1v) is 11.3. The maximum Gasteiger partial charge on any atom is 0.237 e. The molecular formula is C26H27N5O2. The second-order valence-corrected chi connectivity index (χ2v) is 8.40. The number of ether oxygens (including phenoxy) is 1. The van der Waals surface area contributed by atoms with Crippen molar-refractivity contribution in [2.45, 2.75) is 31.7 Å². The van der Waals surface area contributed by atoms with E-state index < -0.39 is 0 Å². The van der Waals surface area contributed by atoms with Gasteiger partial charge in [-0.3, -0.25) is 9.78 Å². The van der Waals surface area contributed by atoms with E-state index in [-0.39, 0.29) is 17.9 Å². The molecule has 1 aliphatic rings. The van der Waals surface area contributed by atoms with E-state index in [1.807, 2.05) is 43.5 Å². The maximum atomic E-state index is 12.8. The van der Waals surface area contributed by atoms with Gasteiger partial charge in [-0.1, -0.05) is 12.1 Å². The number of rotatable bonds is 7. The standard InChI is InChI=1S/C26H27N5O2/c1-17-16-31-25-23(17)22(10-15-29-25)33-20-4-2-19(3-5-20)21-9-14-28-24(21)26(32)30-13-8-18-6-11-27-12-7-18/h2-7,10-12,15-16,21,24,28H,8-9,13-14H2,1H3,(H,29,31)(H,30,32)/t21-,24+/m1/s1. The fourth-order valence-electron chi connectivity index (χ4n) is 4.51. The van der Waals surface area contributed by atoms with Gasteiger partial charge < -0.3 is 20.4 Å². The predicted molar refractivity (Wildman–Crippen MR) is 127 cm³/mol. The molecule has 1 aromatic carbocycles. The van der Waals surface area contributed by atoms with Crippen LogP contribution in [0.3, 0.4) is 0 Å². The van der Waals surface area contributed by atoms with Crippen LogP contribution in [-0.2, 0) is 11.2 Å². The number of hydrogen-bond donors (Lipinski definition) is 3. The third kappa shape index (κ3) is 4.59. The number of nitrogens with one attached hydrogen (secondary N) is 3. The summed E-state index contributed by atoms with van der Waals surface area (Å²) < 4.78 is 6.16. The van der Waals surface area contributed by atoms with E-state index in [4.69, 9.17) is 4.74 Å². The van der Waals surface area contributed by atoms with E-state index in [0.717, 1.165) is 58.6 Å². The van der Waals surface area contributed by atoms with Crippen LogP contribution < -0.4 is 15.4 Å². The Labute approximate surface area is 192 Å². The molecule has 3 aromatic heterocycles. The molecule has 4 aromatic rings. The second kappa shape index (κ2) is 9.42. The molecule has 2 atom stereocenters. The zero-order valence-electron chi connectivity index (χ0n) is 18.5.